The minimum absolute atomic E-state index is 0.166. The Balaban J connectivity index is 1.67. The predicted molar refractivity (Wildman–Crippen MR) is 123 cm³/mol. The van der Waals surface area contributed by atoms with E-state index < -0.39 is 0 Å². The smallest absolute Gasteiger partial charge is 0.253 e. The third kappa shape index (κ3) is 5.24. The maximum Gasteiger partial charge on any atom is 0.253 e. The maximum absolute atomic E-state index is 12.3. The lowest BCUT2D eigenvalue weighted by Gasteiger charge is -2.11. The van der Waals surface area contributed by atoms with Gasteiger partial charge in [-0.2, -0.15) is 5.10 Å². The summed E-state index contributed by atoms with van der Waals surface area (Å²) in [5.41, 5.74) is 6.49. The second kappa shape index (κ2) is 9.53. The minimum Gasteiger partial charge on any atom is -0.316 e. The van der Waals surface area contributed by atoms with Gasteiger partial charge in [0.15, 0.2) is 0 Å². The molecule has 0 aliphatic carbocycles. The summed E-state index contributed by atoms with van der Waals surface area (Å²) in [7, 11) is 0. The van der Waals surface area contributed by atoms with Crippen molar-refractivity contribution in [2.45, 2.75) is 30.9 Å². The normalized spacial score (nSPS) is 12.3. The first-order valence-electron chi connectivity index (χ1n) is 9.06. The summed E-state index contributed by atoms with van der Waals surface area (Å²) in [5.74, 6) is -0.166. The summed E-state index contributed by atoms with van der Waals surface area (Å²) in [5, 5.41) is 5.21. The van der Waals surface area contributed by atoms with Crippen molar-refractivity contribution < 1.29 is 4.79 Å². The van der Waals surface area contributed by atoms with E-state index in [1.165, 1.54) is 11.8 Å². The molecule has 0 aliphatic rings. The van der Waals surface area contributed by atoms with E-state index in [-0.39, 0.29) is 11.2 Å². The molecule has 0 aliphatic heterocycles. The van der Waals surface area contributed by atoms with Gasteiger partial charge in [-0.25, -0.2) is 5.43 Å². The van der Waals surface area contributed by atoms with Gasteiger partial charge in [-0.05, 0) is 63.2 Å². The molecule has 0 bridgehead atoms. The average Bonchev–Trinajstić information content (AvgIpc) is 2.97. The summed E-state index contributed by atoms with van der Waals surface area (Å²) < 4.78 is 2.07. The molecule has 0 saturated carbocycles. The molecule has 3 aromatic rings. The van der Waals surface area contributed by atoms with E-state index in [1.807, 2.05) is 63.2 Å². The number of hydrogen-bond donors (Lipinski definition) is 1. The van der Waals surface area contributed by atoms with Gasteiger partial charge in [0.25, 0.3) is 5.91 Å². The summed E-state index contributed by atoms with van der Waals surface area (Å²) in [6, 6.07) is 17.1. The minimum atomic E-state index is -0.288. The van der Waals surface area contributed by atoms with Gasteiger partial charge in [0.1, 0.15) is 0 Å². The van der Waals surface area contributed by atoms with E-state index in [2.05, 4.69) is 15.1 Å². The van der Waals surface area contributed by atoms with Crippen LogP contribution in [0.1, 0.15) is 23.9 Å². The van der Waals surface area contributed by atoms with E-state index >= 15 is 0 Å². The van der Waals surface area contributed by atoms with Gasteiger partial charge in [-0.3, -0.25) is 4.79 Å². The Morgan fingerprint density at radius 2 is 1.83 bits per heavy atom. The van der Waals surface area contributed by atoms with Crippen LogP contribution >= 0.6 is 35.0 Å². The van der Waals surface area contributed by atoms with E-state index in [0.29, 0.717) is 10.0 Å². The number of benzene rings is 2. The van der Waals surface area contributed by atoms with Crippen LogP contribution in [0.5, 0.6) is 0 Å². The van der Waals surface area contributed by atoms with E-state index in [0.717, 1.165) is 27.5 Å². The van der Waals surface area contributed by atoms with Crippen LogP contribution in [0, 0.1) is 13.8 Å². The van der Waals surface area contributed by atoms with Gasteiger partial charge in [0.05, 0.1) is 22.2 Å². The third-order valence-electron chi connectivity index (χ3n) is 4.44. The van der Waals surface area contributed by atoms with Gasteiger partial charge in [0.2, 0.25) is 0 Å². The number of aryl methyl sites for hydroxylation is 1. The molecule has 7 heteroatoms. The highest BCUT2D eigenvalue weighted by Gasteiger charge is 2.14. The van der Waals surface area contributed by atoms with Crippen LogP contribution in [-0.2, 0) is 4.79 Å². The molecule has 3 rings (SSSR count). The number of para-hydroxylation sites is 1. The maximum atomic E-state index is 12.3. The molecule has 0 saturated heterocycles. The number of nitrogens with one attached hydrogen (secondary N) is 1. The lowest BCUT2D eigenvalue weighted by Crippen LogP contribution is -2.26. The van der Waals surface area contributed by atoms with Crippen molar-refractivity contribution in [1.82, 2.24) is 9.99 Å². The molecule has 0 fully saturated rings. The number of amides is 1. The summed E-state index contributed by atoms with van der Waals surface area (Å²) in [6.45, 7) is 5.85. The molecule has 150 valence electrons. The molecular weight excluding hydrogens is 425 g/mol. The van der Waals surface area contributed by atoms with Gasteiger partial charge in [-0.15, -0.1) is 11.8 Å². The second-order valence-electron chi connectivity index (χ2n) is 6.56. The van der Waals surface area contributed by atoms with Crippen molar-refractivity contribution in [3.05, 3.63) is 81.6 Å². The Kier molecular flexibility index (Phi) is 7.06. The standard InChI is InChI=1S/C22H21Cl2N3OS/c1-14-12-17(15(2)27(14)21-7-5-4-6-20(21)24)13-25-26-22(28)16(3)29-19-10-8-18(23)9-11-19/h4-13,16H,1-3H3,(H,26,28)/b25-13-/t16-/m1/s1. The number of halogens is 2. The number of aromatic nitrogens is 1. The number of hydrazone groups is 1. The van der Waals surface area contributed by atoms with Crippen LogP contribution in [0.15, 0.2) is 64.6 Å². The van der Waals surface area contributed by atoms with Crippen LogP contribution < -0.4 is 5.43 Å². The van der Waals surface area contributed by atoms with Crippen molar-refractivity contribution >= 4 is 47.1 Å². The van der Waals surface area contributed by atoms with Crippen LogP contribution in [-0.4, -0.2) is 21.9 Å². The fourth-order valence-electron chi connectivity index (χ4n) is 2.95. The number of nitrogens with zero attached hydrogens (tertiary/aromatic N) is 2. The summed E-state index contributed by atoms with van der Waals surface area (Å²) in [6.07, 6.45) is 1.66. The molecule has 1 aromatic heterocycles. The first-order chi connectivity index (χ1) is 13.9. The molecule has 1 heterocycles. The fraction of sp³-hybridized carbons (Fsp3) is 0.182. The third-order valence-corrected chi connectivity index (χ3v) is 6.12. The quantitative estimate of drug-likeness (QED) is 0.285. The SMILES string of the molecule is Cc1cc(/C=N\NC(=O)[C@@H](C)Sc2ccc(Cl)cc2)c(C)n1-c1ccccc1Cl. The number of thioether (sulfide) groups is 1. The Labute approximate surface area is 184 Å². The molecule has 0 spiro atoms. The molecule has 0 radical (unpaired) electrons. The zero-order valence-electron chi connectivity index (χ0n) is 16.3. The van der Waals surface area contributed by atoms with E-state index in [4.69, 9.17) is 23.2 Å². The first kappa shape index (κ1) is 21.5. The van der Waals surface area contributed by atoms with Crippen LogP contribution in [0.4, 0.5) is 0 Å². The number of carbonyl (C=O) groups excluding carboxylic acids is 1. The van der Waals surface area contributed by atoms with Crippen LogP contribution in [0.25, 0.3) is 5.69 Å². The Morgan fingerprint density at radius 1 is 1.14 bits per heavy atom. The first-order valence-corrected chi connectivity index (χ1v) is 10.7. The highest BCUT2D eigenvalue weighted by atomic mass is 35.5. The zero-order chi connectivity index (χ0) is 21.0. The Hall–Kier alpha value is -2.21. The van der Waals surface area contributed by atoms with Crippen LogP contribution in [0.2, 0.25) is 10.0 Å². The van der Waals surface area contributed by atoms with Crippen LogP contribution in [0.3, 0.4) is 0 Å². The molecule has 0 unspecified atom stereocenters. The topological polar surface area (TPSA) is 46.4 Å². The van der Waals surface area contributed by atoms with Gasteiger partial charge >= 0.3 is 0 Å². The van der Waals surface area contributed by atoms with E-state index in [1.54, 1.807) is 18.3 Å². The largest absolute Gasteiger partial charge is 0.316 e. The molecule has 1 atom stereocenters. The van der Waals surface area contributed by atoms with Gasteiger partial charge in [0, 0.05) is 26.9 Å². The summed E-state index contributed by atoms with van der Waals surface area (Å²) >= 11 is 13.7. The molecule has 1 amide bonds. The predicted octanol–water partition coefficient (Wildman–Crippen LogP) is 6.03. The number of hydrogen-bond acceptors (Lipinski definition) is 3. The van der Waals surface area contributed by atoms with Crippen molar-refractivity contribution in [2.75, 3.05) is 0 Å². The fourth-order valence-corrected chi connectivity index (χ4v) is 4.16. The monoisotopic (exact) mass is 445 g/mol. The zero-order valence-corrected chi connectivity index (χ0v) is 18.6. The molecule has 4 nitrogen and oxygen atoms in total. The lowest BCUT2D eigenvalue weighted by atomic mass is 10.2. The second-order valence-corrected chi connectivity index (χ2v) is 8.82. The highest BCUT2D eigenvalue weighted by molar-refractivity contribution is 8.00. The van der Waals surface area contributed by atoms with Crippen molar-refractivity contribution in [3.8, 4) is 5.69 Å². The Morgan fingerprint density at radius 3 is 2.52 bits per heavy atom. The number of carbonyl (C=O) groups is 1. The molecular formula is C22H21Cl2N3OS. The summed E-state index contributed by atoms with van der Waals surface area (Å²) in [4.78, 5) is 13.3. The highest BCUT2D eigenvalue weighted by Crippen LogP contribution is 2.26. The van der Waals surface area contributed by atoms with Crippen molar-refractivity contribution in [2.24, 2.45) is 5.10 Å². The molecule has 1 N–H and O–H groups in total. The van der Waals surface area contributed by atoms with Gasteiger partial charge in [-0.1, -0.05) is 35.3 Å². The van der Waals surface area contributed by atoms with Gasteiger partial charge < -0.3 is 4.57 Å². The van der Waals surface area contributed by atoms with E-state index in [9.17, 15) is 4.79 Å². The number of rotatable bonds is 6. The lowest BCUT2D eigenvalue weighted by molar-refractivity contribution is -0.120. The molecule has 29 heavy (non-hydrogen) atoms. The average molecular weight is 446 g/mol. The van der Waals surface area contributed by atoms with Crippen molar-refractivity contribution in [3.63, 3.8) is 0 Å². The van der Waals surface area contributed by atoms with Crippen molar-refractivity contribution in [1.29, 1.82) is 0 Å². The Bertz CT molecular complexity index is 1040. The molecule has 2 aromatic carbocycles.